The zero-order valence-corrected chi connectivity index (χ0v) is 23.6. The van der Waals surface area contributed by atoms with Crippen LogP contribution in [-0.4, -0.2) is 57.1 Å². The molecule has 0 bridgehead atoms. The van der Waals surface area contributed by atoms with E-state index in [-0.39, 0.29) is 11.6 Å². The maximum Gasteiger partial charge on any atom is 0.281 e. The lowest BCUT2D eigenvalue weighted by Crippen LogP contribution is -2.48. The van der Waals surface area contributed by atoms with E-state index in [4.69, 9.17) is 15.1 Å². The normalized spacial score (nSPS) is 14.0. The molecule has 0 saturated carbocycles. The van der Waals surface area contributed by atoms with Crippen molar-refractivity contribution in [1.29, 1.82) is 0 Å². The number of rotatable bonds is 11. The van der Waals surface area contributed by atoms with Crippen LogP contribution in [0.4, 0.5) is 4.39 Å². The Morgan fingerprint density at radius 3 is 2.53 bits per heavy atom. The molecule has 0 atom stereocenters. The van der Waals surface area contributed by atoms with Crippen molar-refractivity contribution in [2.24, 2.45) is 5.84 Å². The number of carbonyl (C=O) groups excluding carboxylic acids is 1. The van der Waals surface area contributed by atoms with Gasteiger partial charge in [-0.15, -0.1) is 6.58 Å². The number of piperazine rings is 1. The second-order valence-corrected chi connectivity index (χ2v) is 10.1. The van der Waals surface area contributed by atoms with Gasteiger partial charge in [-0.05, 0) is 47.9 Å². The topological polar surface area (TPSA) is 130 Å². The van der Waals surface area contributed by atoms with E-state index in [0.717, 1.165) is 16.7 Å². The molecule has 0 aliphatic carbocycles. The minimum Gasteiger partial charge on any atom is -0.507 e. The minimum atomic E-state index is -0.434. The molecule has 43 heavy (non-hydrogen) atoms. The molecule has 1 aliphatic rings. The van der Waals surface area contributed by atoms with Gasteiger partial charge in [-0.1, -0.05) is 53.7 Å². The smallest absolute Gasteiger partial charge is 0.281 e. The maximum atomic E-state index is 13.1. The van der Waals surface area contributed by atoms with Crippen molar-refractivity contribution in [2.45, 2.75) is 19.6 Å². The number of nitrogens with one attached hydrogen (secondary N) is 1. The number of aromatic nitrogens is 2. The number of hydrogen-bond donors (Lipinski definition) is 3. The summed E-state index contributed by atoms with van der Waals surface area (Å²) in [6.45, 7) is 6.98. The summed E-state index contributed by atoms with van der Waals surface area (Å²) in [4.78, 5) is 21.3. The second kappa shape index (κ2) is 13.8. The molecule has 4 aromatic rings. The van der Waals surface area contributed by atoms with E-state index in [1.54, 1.807) is 30.4 Å². The molecule has 3 aromatic carbocycles. The average Bonchev–Trinajstić information content (AvgIpc) is 3.50. The molecular formula is C32H33FN6O4. The molecule has 11 heteroatoms. The number of phenols is 1. The molecule has 2 heterocycles. The van der Waals surface area contributed by atoms with E-state index in [0.29, 0.717) is 74.5 Å². The van der Waals surface area contributed by atoms with Crippen LogP contribution in [0.25, 0.3) is 17.5 Å². The summed E-state index contributed by atoms with van der Waals surface area (Å²) < 4.78 is 24.3. The highest BCUT2D eigenvalue weighted by molar-refractivity contribution is 5.97. The monoisotopic (exact) mass is 584 g/mol. The number of allylic oxidation sites excluding steroid dienone is 1. The first-order chi connectivity index (χ1) is 20.9. The van der Waals surface area contributed by atoms with Crippen molar-refractivity contribution >= 4 is 12.0 Å². The number of aromatic hydroxyl groups is 1. The number of amides is 1. The number of phenolic OH excluding ortho intramolecular Hbond substituents is 1. The Labute approximate surface area is 248 Å². The molecule has 1 saturated heterocycles. The highest BCUT2D eigenvalue weighted by atomic mass is 19.1. The number of halogens is 1. The fourth-order valence-corrected chi connectivity index (χ4v) is 4.79. The Morgan fingerprint density at radius 1 is 1.09 bits per heavy atom. The third kappa shape index (κ3) is 7.45. The molecule has 1 fully saturated rings. The fraction of sp³-hybridized carbons (Fsp3) is 0.219. The zero-order chi connectivity index (χ0) is 30.2. The van der Waals surface area contributed by atoms with E-state index < -0.39 is 5.91 Å². The molecule has 1 aromatic heterocycles. The largest absolute Gasteiger partial charge is 0.507 e. The van der Waals surface area contributed by atoms with Crippen LogP contribution in [-0.2, 0) is 24.4 Å². The number of carbonyl (C=O) groups is 1. The first-order valence-electron chi connectivity index (χ1n) is 13.9. The molecule has 0 spiro atoms. The number of ether oxygens (including phenoxy) is 1. The van der Waals surface area contributed by atoms with Gasteiger partial charge in [-0.3, -0.25) is 15.1 Å². The Balaban J connectivity index is 1.17. The molecule has 1 aliphatic heterocycles. The summed E-state index contributed by atoms with van der Waals surface area (Å²) >= 11 is 0. The third-order valence-corrected chi connectivity index (χ3v) is 7.14. The molecule has 1 amide bonds. The lowest BCUT2D eigenvalue weighted by molar-refractivity contribution is -0.119. The summed E-state index contributed by atoms with van der Waals surface area (Å²) in [6, 6.07) is 19.0. The molecule has 222 valence electrons. The van der Waals surface area contributed by atoms with Crippen molar-refractivity contribution < 1.29 is 23.6 Å². The summed E-state index contributed by atoms with van der Waals surface area (Å²) in [7, 11) is 0. The quantitative estimate of drug-likeness (QED) is 0.0786. The van der Waals surface area contributed by atoms with Crippen LogP contribution in [0.5, 0.6) is 11.5 Å². The predicted octanol–water partition coefficient (Wildman–Crippen LogP) is 4.04. The highest BCUT2D eigenvalue weighted by Crippen LogP contribution is 2.27. The lowest BCUT2D eigenvalue weighted by Gasteiger charge is -2.36. The Morgan fingerprint density at radius 2 is 1.84 bits per heavy atom. The van der Waals surface area contributed by atoms with Gasteiger partial charge in [-0.25, -0.2) is 10.2 Å². The first kappa shape index (κ1) is 29.5. The average molecular weight is 585 g/mol. The third-order valence-electron chi connectivity index (χ3n) is 7.14. The van der Waals surface area contributed by atoms with Gasteiger partial charge in [0.05, 0.1) is 6.54 Å². The molecule has 5 rings (SSSR count). The van der Waals surface area contributed by atoms with Gasteiger partial charge in [0.2, 0.25) is 11.7 Å². The van der Waals surface area contributed by atoms with Crippen LogP contribution in [0.1, 0.15) is 22.6 Å². The standard InChI is InChI=1S/C32H33FN6O4/c1-2-4-23-5-3-6-25(30(23)40)19-28(32(41)36-34)39-17-15-38(16-18-39)20-29-35-31(37-43-29)24-9-7-22(8-10-24)21-42-27-13-11-26(33)12-14-27/h2-3,5-14,19,40H,1,4,15-18,20-21,34H2,(H,36,41). The SMILES string of the molecule is C=CCc1cccc(C=C(C(=O)NN)N2CCN(Cc3nc(-c4ccc(COc5ccc(F)cc5)cc4)no3)CC2)c1O. The van der Waals surface area contributed by atoms with Gasteiger partial charge in [0.25, 0.3) is 5.91 Å². The van der Waals surface area contributed by atoms with Gasteiger partial charge in [-0.2, -0.15) is 4.98 Å². The Hall–Kier alpha value is -5.00. The number of para-hydroxylation sites is 1. The second-order valence-electron chi connectivity index (χ2n) is 10.1. The van der Waals surface area contributed by atoms with Crippen molar-refractivity contribution in [3.63, 3.8) is 0 Å². The number of nitrogens with two attached hydrogens (primary N) is 1. The van der Waals surface area contributed by atoms with E-state index in [9.17, 15) is 14.3 Å². The number of benzene rings is 3. The van der Waals surface area contributed by atoms with Gasteiger partial charge in [0, 0.05) is 37.3 Å². The van der Waals surface area contributed by atoms with Crippen LogP contribution in [0, 0.1) is 5.82 Å². The van der Waals surface area contributed by atoms with Crippen LogP contribution in [0.15, 0.2) is 89.6 Å². The molecule has 0 unspecified atom stereocenters. The van der Waals surface area contributed by atoms with Gasteiger partial charge >= 0.3 is 0 Å². The summed E-state index contributed by atoms with van der Waals surface area (Å²) in [6.07, 6.45) is 3.89. The molecule has 0 radical (unpaired) electrons. The Bertz CT molecular complexity index is 1580. The minimum absolute atomic E-state index is 0.114. The van der Waals surface area contributed by atoms with Gasteiger partial charge in [0.1, 0.15) is 29.6 Å². The number of hydrogen-bond acceptors (Lipinski definition) is 9. The summed E-state index contributed by atoms with van der Waals surface area (Å²) in [5.74, 6) is 6.43. The molecular weight excluding hydrogens is 551 g/mol. The first-order valence-corrected chi connectivity index (χ1v) is 13.9. The van der Waals surface area contributed by atoms with Crippen molar-refractivity contribution in [3.05, 3.63) is 113 Å². The number of hydrazine groups is 1. The molecule has 10 nitrogen and oxygen atoms in total. The predicted molar refractivity (Wildman–Crippen MR) is 160 cm³/mol. The van der Waals surface area contributed by atoms with Crippen LogP contribution >= 0.6 is 0 Å². The van der Waals surface area contributed by atoms with Gasteiger partial charge in [0.15, 0.2) is 0 Å². The van der Waals surface area contributed by atoms with Gasteiger partial charge < -0.3 is 19.3 Å². The number of nitrogens with zero attached hydrogens (tertiary/aromatic N) is 4. The van der Waals surface area contributed by atoms with E-state index in [2.05, 4.69) is 27.0 Å². The van der Waals surface area contributed by atoms with Crippen LogP contribution in [0.2, 0.25) is 0 Å². The van der Waals surface area contributed by atoms with E-state index in [1.807, 2.05) is 41.3 Å². The van der Waals surface area contributed by atoms with Crippen LogP contribution in [0.3, 0.4) is 0 Å². The lowest BCUT2D eigenvalue weighted by atomic mass is 10.0. The van der Waals surface area contributed by atoms with Crippen LogP contribution < -0.4 is 16.0 Å². The van der Waals surface area contributed by atoms with Crippen molar-refractivity contribution in [3.8, 4) is 22.9 Å². The maximum absolute atomic E-state index is 13.1. The van der Waals surface area contributed by atoms with Crippen molar-refractivity contribution in [2.75, 3.05) is 26.2 Å². The molecule has 4 N–H and O–H groups in total. The van der Waals surface area contributed by atoms with Crippen molar-refractivity contribution in [1.82, 2.24) is 25.4 Å². The highest BCUT2D eigenvalue weighted by Gasteiger charge is 2.24. The summed E-state index contributed by atoms with van der Waals surface area (Å²) in [5.41, 5.74) is 5.62. The summed E-state index contributed by atoms with van der Waals surface area (Å²) in [5, 5.41) is 14.8. The van der Waals surface area contributed by atoms with E-state index in [1.165, 1.54) is 12.1 Å². The van der Waals surface area contributed by atoms with E-state index >= 15 is 0 Å². The zero-order valence-electron chi connectivity index (χ0n) is 23.6. The fourth-order valence-electron chi connectivity index (χ4n) is 4.79. The Kier molecular flexibility index (Phi) is 9.45.